The molecule has 0 radical (unpaired) electrons. The summed E-state index contributed by atoms with van der Waals surface area (Å²) in [4.78, 5) is 15.7. The zero-order chi connectivity index (χ0) is 13.8. The SMILES string of the molecule is CCCc1nccn1-c1ccc(C(=O)OC)cc1N. The maximum absolute atomic E-state index is 11.4. The largest absolute Gasteiger partial charge is 0.465 e. The minimum Gasteiger partial charge on any atom is -0.465 e. The van der Waals surface area contributed by atoms with Crippen LogP contribution in [-0.4, -0.2) is 22.6 Å². The molecule has 2 aromatic rings. The van der Waals surface area contributed by atoms with Crippen molar-refractivity contribution >= 4 is 11.7 Å². The first-order chi connectivity index (χ1) is 9.17. The number of esters is 1. The van der Waals surface area contributed by atoms with Crippen LogP contribution in [0.5, 0.6) is 0 Å². The van der Waals surface area contributed by atoms with Crippen molar-refractivity contribution in [2.24, 2.45) is 0 Å². The number of nitrogens with two attached hydrogens (primary N) is 1. The summed E-state index contributed by atoms with van der Waals surface area (Å²) in [5.74, 6) is 0.567. The van der Waals surface area contributed by atoms with E-state index < -0.39 is 5.97 Å². The van der Waals surface area contributed by atoms with Gasteiger partial charge in [0.1, 0.15) is 5.82 Å². The summed E-state index contributed by atoms with van der Waals surface area (Å²) in [7, 11) is 1.35. The van der Waals surface area contributed by atoms with Crippen molar-refractivity contribution in [1.82, 2.24) is 9.55 Å². The maximum Gasteiger partial charge on any atom is 0.337 e. The van der Waals surface area contributed by atoms with E-state index in [-0.39, 0.29) is 0 Å². The number of benzene rings is 1. The Morgan fingerprint density at radius 2 is 2.26 bits per heavy atom. The topological polar surface area (TPSA) is 70.1 Å². The highest BCUT2D eigenvalue weighted by molar-refractivity contribution is 5.91. The third-order valence-corrected chi connectivity index (χ3v) is 2.90. The molecule has 0 saturated carbocycles. The second-order valence-electron chi connectivity index (χ2n) is 4.23. The number of nitrogen functional groups attached to an aromatic ring is 1. The second kappa shape index (κ2) is 5.56. The molecule has 0 aliphatic heterocycles. The average molecular weight is 259 g/mol. The molecule has 0 fully saturated rings. The molecule has 0 aliphatic carbocycles. The van der Waals surface area contributed by atoms with Gasteiger partial charge in [0.2, 0.25) is 0 Å². The van der Waals surface area contributed by atoms with E-state index in [0.29, 0.717) is 11.3 Å². The van der Waals surface area contributed by atoms with Crippen LogP contribution in [0.2, 0.25) is 0 Å². The molecule has 0 saturated heterocycles. The molecule has 1 heterocycles. The minimum atomic E-state index is -0.391. The van der Waals surface area contributed by atoms with E-state index in [1.807, 2.05) is 16.8 Å². The molecular weight excluding hydrogens is 242 g/mol. The van der Waals surface area contributed by atoms with Gasteiger partial charge in [-0.1, -0.05) is 6.92 Å². The van der Waals surface area contributed by atoms with Gasteiger partial charge in [-0.15, -0.1) is 0 Å². The lowest BCUT2D eigenvalue weighted by Gasteiger charge is -2.11. The monoisotopic (exact) mass is 259 g/mol. The molecule has 5 heteroatoms. The Morgan fingerprint density at radius 3 is 2.89 bits per heavy atom. The Kier molecular flexibility index (Phi) is 3.85. The number of methoxy groups -OCH3 is 1. The molecule has 2 rings (SSSR count). The zero-order valence-corrected chi connectivity index (χ0v) is 11.1. The summed E-state index contributed by atoms with van der Waals surface area (Å²) >= 11 is 0. The number of carbonyl (C=O) groups is 1. The molecular formula is C14H17N3O2. The molecule has 2 N–H and O–H groups in total. The summed E-state index contributed by atoms with van der Waals surface area (Å²) in [5, 5.41) is 0. The fourth-order valence-corrected chi connectivity index (χ4v) is 1.98. The molecule has 5 nitrogen and oxygen atoms in total. The number of aryl methyl sites for hydroxylation is 1. The van der Waals surface area contributed by atoms with Gasteiger partial charge in [-0.25, -0.2) is 9.78 Å². The van der Waals surface area contributed by atoms with E-state index in [9.17, 15) is 4.79 Å². The van der Waals surface area contributed by atoms with Crippen LogP contribution in [-0.2, 0) is 11.2 Å². The number of anilines is 1. The number of rotatable bonds is 4. The van der Waals surface area contributed by atoms with Crippen LogP contribution in [0.3, 0.4) is 0 Å². The molecule has 0 bridgehead atoms. The predicted molar refractivity (Wildman–Crippen MR) is 73.3 cm³/mol. The van der Waals surface area contributed by atoms with Gasteiger partial charge in [0.15, 0.2) is 0 Å². The van der Waals surface area contributed by atoms with E-state index in [4.69, 9.17) is 5.73 Å². The lowest BCUT2D eigenvalue weighted by atomic mass is 10.1. The molecule has 0 atom stereocenters. The maximum atomic E-state index is 11.4. The minimum absolute atomic E-state index is 0.391. The van der Waals surface area contributed by atoms with E-state index >= 15 is 0 Å². The number of nitrogens with zero attached hydrogens (tertiary/aromatic N) is 2. The van der Waals surface area contributed by atoms with Gasteiger partial charge < -0.3 is 15.0 Å². The van der Waals surface area contributed by atoms with Crippen molar-refractivity contribution < 1.29 is 9.53 Å². The van der Waals surface area contributed by atoms with Gasteiger partial charge >= 0.3 is 5.97 Å². The summed E-state index contributed by atoms with van der Waals surface area (Å²) in [6.07, 6.45) is 5.51. The van der Waals surface area contributed by atoms with Gasteiger partial charge in [-0.3, -0.25) is 0 Å². The predicted octanol–water partition coefficient (Wildman–Crippen LogP) is 2.19. The summed E-state index contributed by atoms with van der Waals surface area (Å²) in [5.41, 5.74) is 7.81. The van der Waals surface area contributed by atoms with Crippen molar-refractivity contribution in [2.45, 2.75) is 19.8 Å². The molecule has 1 aromatic heterocycles. The molecule has 19 heavy (non-hydrogen) atoms. The second-order valence-corrected chi connectivity index (χ2v) is 4.23. The highest BCUT2D eigenvalue weighted by Crippen LogP contribution is 2.21. The Hall–Kier alpha value is -2.30. The fraction of sp³-hybridized carbons (Fsp3) is 0.286. The highest BCUT2D eigenvalue weighted by Gasteiger charge is 2.11. The lowest BCUT2D eigenvalue weighted by molar-refractivity contribution is 0.0601. The Labute approximate surface area is 112 Å². The molecule has 1 aromatic carbocycles. The Balaban J connectivity index is 2.40. The molecule has 100 valence electrons. The molecule has 0 aliphatic rings. The quantitative estimate of drug-likeness (QED) is 0.675. The van der Waals surface area contributed by atoms with Crippen LogP contribution in [0.15, 0.2) is 30.6 Å². The normalized spacial score (nSPS) is 10.4. The number of ether oxygens (including phenoxy) is 1. The van der Waals surface area contributed by atoms with E-state index in [2.05, 4.69) is 16.6 Å². The Morgan fingerprint density at radius 1 is 1.47 bits per heavy atom. The fourth-order valence-electron chi connectivity index (χ4n) is 1.98. The molecule has 0 amide bonds. The average Bonchev–Trinajstić information content (AvgIpc) is 2.86. The van der Waals surface area contributed by atoms with Crippen molar-refractivity contribution in [3.05, 3.63) is 42.0 Å². The van der Waals surface area contributed by atoms with E-state index in [0.717, 1.165) is 24.4 Å². The van der Waals surface area contributed by atoms with E-state index in [1.54, 1.807) is 18.3 Å². The van der Waals surface area contributed by atoms with Crippen LogP contribution in [0, 0.1) is 0 Å². The van der Waals surface area contributed by atoms with Gasteiger partial charge in [-0.05, 0) is 24.6 Å². The third-order valence-electron chi connectivity index (χ3n) is 2.90. The summed E-state index contributed by atoms with van der Waals surface area (Å²) < 4.78 is 6.61. The molecule has 0 spiro atoms. The summed E-state index contributed by atoms with van der Waals surface area (Å²) in [6, 6.07) is 5.13. The van der Waals surface area contributed by atoms with Gasteiger partial charge in [0.05, 0.1) is 24.0 Å². The van der Waals surface area contributed by atoms with E-state index in [1.165, 1.54) is 7.11 Å². The van der Waals surface area contributed by atoms with Gasteiger partial charge in [-0.2, -0.15) is 0 Å². The van der Waals surface area contributed by atoms with Crippen LogP contribution in [0.25, 0.3) is 5.69 Å². The first kappa shape index (κ1) is 13.1. The number of hydrogen-bond acceptors (Lipinski definition) is 4. The number of imidazole rings is 1. The molecule has 0 unspecified atom stereocenters. The van der Waals surface area contributed by atoms with Crippen molar-refractivity contribution in [1.29, 1.82) is 0 Å². The van der Waals surface area contributed by atoms with Crippen LogP contribution in [0.4, 0.5) is 5.69 Å². The van der Waals surface area contributed by atoms with Crippen LogP contribution >= 0.6 is 0 Å². The number of aromatic nitrogens is 2. The first-order valence-corrected chi connectivity index (χ1v) is 6.17. The van der Waals surface area contributed by atoms with Crippen LogP contribution in [0.1, 0.15) is 29.5 Å². The Bertz CT molecular complexity index is 590. The number of hydrogen-bond donors (Lipinski definition) is 1. The lowest BCUT2D eigenvalue weighted by Crippen LogP contribution is -2.07. The standard InChI is InChI=1S/C14H17N3O2/c1-3-4-13-16-7-8-17(13)12-6-5-10(9-11(12)15)14(18)19-2/h5-9H,3-4,15H2,1-2H3. The highest BCUT2D eigenvalue weighted by atomic mass is 16.5. The van der Waals surface area contributed by atoms with Crippen molar-refractivity contribution in [3.8, 4) is 5.69 Å². The third kappa shape index (κ3) is 2.59. The smallest absolute Gasteiger partial charge is 0.337 e. The van der Waals surface area contributed by atoms with Crippen LogP contribution < -0.4 is 5.73 Å². The number of carbonyl (C=O) groups excluding carboxylic acids is 1. The van der Waals surface area contributed by atoms with Crippen molar-refractivity contribution in [3.63, 3.8) is 0 Å². The first-order valence-electron chi connectivity index (χ1n) is 6.17. The summed E-state index contributed by atoms with van der Waals surface area (Å²) in [6.45, 7) is 2.10. The van der Waals surface area contributed by atoms with Gasteiger partial charge in [0.25, 0.3) is 0 Å². The van der Waals surface area contributed by atoms with Gasteiger partial charge in [0, 0.05) is 18.8 Å². The zero-order valence-electron chi connectivity index (χ0n) is 11.1. The van der Waals surface area contributed by atoms with Crippen molar-refractivity contribution in [2.75, 3.05) is 12.8 Å².